The number of carbonyl (C=O) groups is 1. The van der Waals surface area contributed by atoms with Crippen molar-refractivity contribution in [3.05, 3.63) is 23.9 Å². The van der Waals surface area contributed by atoms with Crippen LogP contribution in [-0.2, 0) is 9.53 Å². The molecule has 1 aromatic rings. The van der Waals surface area contributed by atoms with Crippen molar-refractivity contribution >= 4 is 11.8 Å². The molecule has 0 spiro atoms. The van der Waals surface area contributed by atoms with Crippen molar-refractivity contribution in [2.24, 2.45) is 0 Å². The number of hydrogen-bond donors (Lipinski definition) is 0. The number of pyridine rings is 1. The largest absolute Gasteiger partial charge is 0.465 e. The SMILES string of the molecule is CCOC(=O)CN(CC)c1ccc(C)cn1. The second-order valence-corrected chi connectivity index (χ2v) is 3.51. The van der Waals surface area contributed by atoms with Crippen LogP contribution in [0.3, 0.4) is 0 Å². The summed E-state index contributed by atoms with van der Waals surface area (Å²) in [7, 11) is 0. The quantitative estimate of drug-likeness (QED) is 0.712. The lowest BCUT2D eigenvalue weighted by Crippen LogP contribution is -2.31. The number of nitrogens with zero attached hydrogens (tertiary/aromatic N) is 2. The van der Waals surface area contributed by atoms with E-state index in [-0.39, 0.29) is 12.5 Å². The van der Waals surface area contributed by atoms with Crippen molar-refractivity contribution in [2.75, 3.05) is 24.6 Å². The maximum Gasteiger partial charge on any atom is 0.325 e. The van der Waals surface area contributed by atoms with E-state index in [0.29, 0.717) is 6.61 Å². The molecule has 16 heavy (non-hydrogen) atoms. The fourth-order valence-corrected chi connectivity index (χ4v) is 1.36. The summed E-state index contributed by atoms with van der Waals surface area (Å²) in [5.41, 5.74) is 1.11. The summed E-state index contributed by atoms with van der Waals surface area (Å²) in [6, 6.07) is 3.90. The molecule has 1 aromatic heterocycles. The zero-order valence-corrected chi connectivity index (χ0v) is 10.1. The van der Waals surface area contributed by atoms with Gasteiger partial charge in [0.2, 0.25) is 0 Å². The van der Waals surface area contributed by atoms with Gasteiger partial charge in [0.15, 0.2) is 0 Å². The van der Waals surface area contributed by atoms with Gasteiger partial charge >= 0.3 is 5.97 Å². The Labute approximate surface area is 96.2 Å². The van der Waals surface area contributed by atoms with Gasteiger partial charge < -0.3 is 9.64 Å². The van der Waals surface area contributed by atoms with Crippen LogP contribution in [-0.4, -0.2) is 30.6 Å². The van der Waals surface area contributed by atoms with Crippen molar-refractivity contribution in [1.82, 2.24) is 4.98 Å². The molecule has 0 aliphatic carbocycles. The minimum Gasteiger partial charge on any atom is -0.465 e. The summed E-state index contributed by atoms with van der Waals surface area (Å²) in [6.07, 6.45) is 1.79. The number of carbonyl (C=O) groups excluding carboxylic acids is 1. The molecule has 0 aromatic carbocycles. The average molecular weight is 222 g/mol. The van der Waals surface area contributed by atoms with Gasteiger partial charge in [-0.05, 0) is 32.4 Å². The summed E-state index contributed by atoms with van der Waals surface area (Å²) in [6.45, 7) is 7.17. The highest BCUT2D eigenvalue weighted by Crippen LogP contribution is 2.10. The Balaban J connectivity index is 2.67. The zero-order valence-electron chi connectivity index (χ0n) is 10.1. The van der Waals surface area contributed by atoms with Crippen molar-refractivity contribution in [2.45, 2.75) is 20.8 Å². The molecule has 0 saturated carbocycles. The lowest BCUT2D eigenvalue weighted by molar-refractivity contribution is -0.141. The number of rotatable bonds is 5. The van der Waals surface area contributed by atoms with Crippen LogP contribution in [0.4, 0.5) is 5.82 Å². The summed E-state index contributed by atoms with van der Waals surface area (Å²) in [5.74, 6) is 0.591. The van der Waals surface area contributed by atoms with Crippen LogP contribution in [0.2, 0.25) is 0 Å². The highest BCUT2D eigenvalue weighted by atomic mass is 16.5. The molecule has 0 amide bonds. The Kier molecular flexibility index (Phi) is 4.76. The Morgan fingerprint density at radius 1 is 1.44 bits per heavy atom. The van der Waals surface area contributed by atoms with E-state index in [9.17, 15) is 4.79 Å². The van der Waals surface area contributed by atoms with Crippen LogP contribution >= 0.6 is 0 Å². The van der Waals surface area contributed by atoms with Gasteiger partial charge in [0.05, 0.1) is 6.61 Å². The number of aromatic nitrogens is 1. The van der Waals surface area contributed by atoms with E-state index in [1.54, 1.807) is 13.1 Å². The van der Waals surface area contributed by atoms with Crippen LogP contribution in [0.5, 0.6) is 0 Å². The lowest BCUT2D eigenvalue weighted by atomic mass is 10.3. The number of likely N-dealkylation sites (N-methyl/N-ethyl adjacent to an activating group) is 1. The van der Waals surface area contributed by atoms with Gasteiger partial charge in [-0.1, -0.05) is 6.07 Å². The molecule has 1 heterocycles. The zero-order chi connectivity index (χ0) is 12.0. The van der Waals surface area contributed by atoms with Crippen LogP contribution in [0.25, 0.3) is 0 Å². The van der Waals surface area contributed by atoms with Crippen molar-refractivity contribution in [1.29, 1.82) is 0 Å². The van der Waals surface area contributed by atoms with Gasteiger partial charge in [-0.3, -0.25) is 4.79 Å². The van der Waals surface area contributed by atoms with E-state index in [1.807, 2.05) is 30.9 Å². The van der Waals surface area contributed by atoms with Crippen LogP contribution in [0.15, 0.2) is 18.3 Å². The minimum atomic E-state index is -0.216. The normalized spacial score (nSPS) is 9.94. The molecule has 4 nitrogen and oxygen atoms in total. The van der Waals surface area contributed by atoms with E-state index < -0.39 is 0 Å². The van der Waals surface area contributed by atoms with Gasteiger partial charge in [0, 0.05) is 12.7 Å². The average Bonchev–Trinajstić information content (AvgIpc) is 2.27. The fourth-order valence-electron chi connectivity index (χ4n) is 1.36. The third-order valence-electron chi connectivity index (χ3n) is 2.23. The molecule has 0 bridgehead atoms. The Morgan fingerprint density at radius 3 is 2.69 bits per heavy atom. The maximum atomic E-state index is 11.4. The first-order chi connectivity index (χ1) is 7.67. The minimum absolute atomic E-state index is 0.216. The number of hydrogen-bond acceptors (Lipinski definition) is 4. The molecule has 88 valence electrons. The number of ether oxygens (including phenoxy) is 1. The monoisotopic (exact) mass is 222 g/mol. The summed E-state index contributed by atoms with van der Waals surface area (Å²) >= 11 is 0. The molecular formula is C12H18N2O2. The smallest absolute Gasteiger partial charge is 0.325 e. The maximum absolute atomic E-state index is 11.4. The molecule has 1 rings (SSSR count). The van der Waals surface area contributed by atoms with Crippen LogP contribution in [0.1, 0.15) is 19.4 Å². The standard InChI is InChI=1S/C12H18N2O2/c1-4-14(9-12(15)16-5-2)11-7-6-10(3)8-13-11/h6-8H,4-5,9H2,1-3H3. The second kappa shape index (κ2) is 6.10. The third kappa shape index (κ3) is 3.53. The molecule has 0 radical (unpaired) electrons. The number of aryl methyl sites for hydroxylation is 1. The summed E-state index contributed by atoms with van der Waals surface area (Å²) in [4.78, 5) is 17.5. The van der Waals surface area contributed by atoms with Gasteiger partial charge in [0.25, 0.3) is 0 Å². The number of anilines is 1. The molecule has 0 atom stereocenters. The van der Waals surface area contributed by atoms with E-state index in [4.69, 9.17) is 4.74 Å². The van der Waals surface area contributed by atoms with Gasteiger partial charge in [-0.25, -0.2) is 4.98 Å². The number of esters is 1. The van der Waals surface area contributed by atoms with Crippen LogP contribution in [0, 0.1) is 6.92 Å². The van der Waals surface area contributed by atoms with Gasteiger partial charge in [0.1, 0.15) is 12.4 Å². The lowest BCUT2D eigenvalue weighted by Gasteiger charge is -2.20. The predicted octanol–water partition coefficient (Wildman–Crippen LogP) is 1.78. The van der Waals surface area contributed by atoms with Crippen molar-refractivity contribution < 1.29 is 9.53 Å². The predicted molar refractivity (Wildman–Crippen MR) is 63.5 cm³/mol. The fraction of sp³-hybridized carbons (Fsp3) is 0.500. The van der Waals surface area contributed by atoms with Crippen molar-refractivity contribution in [3.8, 4) is 0 Å². The molecule has 4 heteroatoms. The molecule has 0 fully saturated rings. The van der Waals surface area contributed by atoms with E-state index >= 15 is 0 Å². The molecule has 0 N–H and O–H groups in total. The third-order valence-corrected chi connectivity index (χ3v) is 2.23. The Hall–Kier alpha value is -1.58. The molecule has 0 aliphatic heterocycles. The first-order valence-corrected chi connectivity index (χ1v) is 5.50. The first kappa shape index (κ1) is 12.5. The molecule has 0 unspecified atom stereocenters. The van der Waals surface area contributed by atoms with Crippen molar-refractivity contribution in [3.63, 3.8) is 0 Å². The second-order valence-electron chi connectivity index (χ2n) is 3.51. The molecule has 0 aliphatic rings. The van der Waals surface area contributed by atoms with E-state index in [0.717, 1.165) is 17.9 Å². The summed E-state index contributed by atoms with van der Waals surface area (Å²) in [5, 5.41) is 0. The van der Waals surface area contributed by atoms with Gasteiger partial charge in [-0.2, -0.15) is 0 Å². The van der Waals surface area contributed by atoms with Gasteiger partial charge in [-0.15, -0.1) is 0 Å². The topological polar surface area (TPSA) is 42.4 Å². The summed E-state index contributed by atoms with van der Waals surface area (Å²) < 4.78 is 4.91. The Bertz CT molecular complexity index is 335. The first-order valence-electron chi connectivity index (χ1n) is 5.50. The van der Waals surface area contributed by atoms with E-state index in [1.165, 1.54) is 0 Å². The molecular weight excluding hydrogens is 204 g/mol. The molecule has 0 saturated heterocycles. The Morgan fingerprint density at radius 2 is 2.19 bits per heavy atom. The van der Waals surface area contributed by atoms with Crippen LogP contribution < -0.4 is 4.90 Å². The highest BCUT2D eigenvalue weighted by Gasteiger charge is 2.11. The van der Waals surface area contributed by atoms with E-state index in [2.05, 4.69) is 4.98 Å². The highest BCUT2D eigenvalue weighted by molar-refractivity contribution is 5.75.